The third-order valence-electron chi connectivity index (χ3n) is 3.76. The molecule has 0 saturated carbocycles. The Morgan fingerprint density at radius 1 is 1.21 bits per heavy atom. The zero-order valence-electron chi connectivity index (χ0n) is 13.7. The molecule has 5 atom stereocenters. The normalized spacial score (nSPS) is 32.5. The quantitative estimate of drug-likeness (QED) is 0.220. The first-order chi connectivity index (χ1) is 12.9. The van der Waals surface area contributed by atoms with Crippen LogP contribution in [0.5, 0.6) is 0 Å². The molecule has 0 radical (unpaired) electrons. The number of hydrogen-bond acceptors (Lipinski definition) is 12. The lowest BCUT2D eigenvalue weighted by molar-refractivity contribution is -0.111. The van der Waals surface area contributed by atoms with Crippen LogP contribution >= 0.6 is 15.6 Å². The van der Waals surface area contributed by atoms with Crippen LogP contribution in [-0.4, -0.2) is 91.0 Å². The van der Waals surface area contributed by atoms with Gasteiger partial charge in [-0.15, -0.1) is 0 Å². The highest BCUT2D eigenvalue weighted by molar-refractivity contribution is 7.60. The second-order valence-electron chi connectivity index (χ2n) is 5.71. The van der Waals surface area contributed by atoms with Gasteiger partial charge in [-0.25, -0.2) is 9.13 Å². The molecule has 16 nitrogen and oxygen atoms in total. The van der Waals surface area contributed by atoms with Crippen LogP contribution in [0.2, 0.25) is 0 Å². The molecule has 3 aliphatic heterocycles. The lowest BCUT2D eigenvalue weighted by atomic mass is 10.1. The van der Waals surface area contributed by atoms with E-state index in [0.29, 0.717) is 0 Å². The van der Waals surface area contributed by atoms with Gasteiger partial charge in [0, 0.05) is 0 Å². The second kappa shape index (κ2) is 7.35. The topological polar surface area (TPSA) is 246 Å². The highest BCUT2D eigenvalue weighted by atomic mass is 31.3. The maximum Gasteiger partial charge on any atom is 0.481 e. The van der Waals surface area contributed by atoms with Crippen LogP contribution in [0.15, 0.2) is 15.0 Å². The molecule has 1 saturated heterocycles. The molecule has 156 valence electrons. The van der Waals surface area contributed by atoms with Crippen molar-refractivity contribution in [1.29, 1.82) is 0 Å². The predicted molar refractivity (Wildman–Crippen MR) is 87.8 cm³/mol. The Morgan fingerprint density at radius 3 is 2.54 bits per heavy atom. The number of phosphoric ester groups is 1. The fraction of sp³-hybridized carbons (Fsp3) is 0.600. The zero-order valence-corrected chi connectivity index (χ0v) is 15.5. The van der Waals surface area contributed by atoms with Gasteiger partial charge in [0.05, 0.1) is 6.61 Å². The van der Waals surface area contributed by atoms with Gasteiger partial charge >= 0.3 is 21.6 Å². The Bertz CT molecular complexity index is 868. The average molecular weight is 443 g/mol. The standard InChI is InChI=1S/C10H15N5O11P2/c11-10-13-7-4(8(18)14-10)12-2-15(7)9-6(17)5(16)3(25-9)1-24-28(22,23)26-27(19,20)21/h3,5-6,9,16-17H,1-2H2,(H,22,23)(H2,11,14,18)(H2,19,20,21)/t3-,5-,6-,9-/m1/s1. The van der Waals surface area contributed by atoms with Gasteiger partial charge in [0.2, 0.25) is 5.96 Å². The van der Waals surface area contributed by atoms with Gasteiger partial charge in [-0.1, -0.05) is 0 Å². The molecule has 18 heteroatoms. The van der Waals surface area contributed by atoms with Crippen molar-refractivity contribution in [1.82, 2.24) is 4.90 Å². The van der Waals surface area contributed by atoms with Crippen LogP contribution in [0.4, 0.5) is 0 Å². The molecule has 7 N–H and O–H groups in total. The number of fused-ring (bicyclic) bond motifs is 1. The number of carbonyl (C=O) groups excluding carboxylic acids is 1. The van der Waals surface area contributed by atoms with E-state index < -0.39 is 52.7 Å². The van der Waals surface area contributed by atoms with Gasteiger partial charge in [-0.05, 0) is 0 Å². The van der Waals surface area contributed by atoms with E-state index in [2.05, 4.69) is 23.8 Å². The maximum atomic E-state index is 11.8. The predicted octanol–water partition coefficient (Wildman–Crippen LogP) is -3.37. The Kier molecular flexibility index (Phi) is 5.55. The summed E-state index contributed by atoms with van der Waals surface area (Å²) in [5.41, 5.74) is 5.31. The molecule has 0 spiro atoms. The van der Waals surface area contributed by atoms with Crippen molar-refractivity contribution in [3.05, 3.63) is 0 Å². The maximum absolute atomic E-state index is 11.8. The molecular formula is C10H15N5O11P2. The number of aliphatic hydroxyl groups excluding tert-OH is 2. The van der Waals surface area contributed by atoms with Crippen molar-refractivity contribution in [3.8, 4) is 0 Å². The first-order valence-electron chi connectivity index (χ1n) is 7.42. The Hall–Kier alpha value is -1.58. The van der Waals surface area contributed by atoms with Crippen molar-refractivity contribution >= 4 is 39.1 Å². The van der Waals surface area contributed by atoms with Crippen LogP contribution < -0.4 is 5.73 Å². The summed E-state index contributed by atoms with van der Waals surface area (Å²) < 4.78 is 35.5. The van der Waals surface area contributed by atoms with Crippen molar-refractivity contribution in [2.24, 2.45) is 20.7 Å². The van der Waals surface area contributed by atoms with Crippen LogP contribution in [0, 0.1) is 0 Å². The third kappa shape index (κ3) is 4.36. The average Bonchev–Trinajstić information content (AvgIpc) is 3.06. The number of ether oxygens (including phenoxy) is 1. The van der Waals surface area contributed by atoms with Gasteiger partial charge in [0.15, 0.2) is 17.8 Å². The SMILES string of the molecule is NC1=NC(=O)C2=NCN([C@@H]3O[C@H](COP(=O)(O)OP(=O)(O)O)[C@@H](O)[C@H]3O)C2=N1. The summed E-state index contributed by atoms with van der Waals surface area (Å²) in [4.78, 5) is 50.5. The molecular weight excluding hydrogens is 428 g/mol. The third-order valence-corrected chi connectivity index (χ3v) is 5.91. The highest BCUT2D eigenvalue weighted by Crippen LogP contribution is 2.57. The summed E-state index contributed by atoms with van der Waals surface area (Å²) in [5, 5.41) is 20.3. The van der Waals surface area contributed by atoms with Gasteiger partial charge < -0.3 is 40.3 Å². The lowest BCUT2D eigenvalue weighted by Crippen LogP contribution is -2.48. The smallest absolute Gasteiger partial charge is 0.387 e. The Morgan fingerprint density at radius 2 is 1.89 bits per heavy atom. The summed E-state index contributed by atoms with van der Waals surface area (Å²) in [7, 11) is -10.5. The molecule has 1 unspecified atom stereocenters. The van der Waals surface area contributed by atoms with E-state index in [0.717, 1.165) is 0 Å². The number of guanidine groups is 1. The first kappa shape index (κ1) is 21.1. The van der Waals surface area contributed by atoms with Crippen LogP contribution in [0.1, 0.15) is 0 Å². The monoisotopic (exact) mass is 443 g/mol. The minimum atomic E-state index is -5.32. The lowest BCUT2D eigenvalue weighted by Gasteiger charge is -2.28. The Labute approximate surface area is 155 Å². The van der Waals surface area contributed by atoms with Crippen molar-refractivity contribution in [2.45, 2.75) is 24.5 Å². The van der Waals surface area contributed by atoms with E-state index in [1.54, 1.807) is 0 Å². The number of carbonyl (C=O) groups is 1. The van der Waals surface area contributed by atoms with Gasteiger partial charge in [0.1, 0.15) is 25.0 Å². The molecule has 0 aromatic heterocycles. The molecule has 3 aliphatic rings. The molecule has 0 aromatic rings. The van der Waals surface area contributed by atoms with E-state index in [1.807, 2.05) is 0 Å². The summed E-state index contributed by atoms with van der Waals surface area (Å²) in [6.07, 6.45) is -5.89. The van der Waals surface area contributed by atoms with Crippen molar-refractivity contribution in [3.63, 3.8) is 0 Å². The largest absolute Gasteiger partial charge is 0.481 e. The number of rotatable bonds is 6. The van der Waals surface area contributed by atoms with E-state index >= 15 is 0 Å². The number of nitrogens with zero attached hydrogens (tertiary/aromatic N) is 4. The fourth-order valence-corrected chi connectivity index (χ4v) is 4.24. The summed E-state index contributed by atoms with van der Waals surface area (Å²) in [6, 6.07) is 0. The van der Waals surface area contributed by atoms with E-state index in [-0.39, 0.29) is 24.2 Å². The minimum absolute atomic E-state index is 0.0343. The summed E-state index contributed by atoms with van der Waals surface area (Å²) in [6.45, 7) is -1.04. The van der Waals surface area contributed by atoms with E-state index in [4.69, 9.17) is 20.3 Å². The second-order valence-corrected chi connectivity index (χ2v) is 8.54. The molecule has 0 bridgehead atoms. The number of phosphoric acid groups is 2. The number of amidine groups is 1. The first-order valence-corrected chi connectivity index (χ1v) is 10.4. The van der Waals surface area contributed by atoms with E-state index in [1.165, 1.54) is 4.90 Å². The molecule has 0 aromatic carbocycles. The van der Waals surface area contributed by atoms with Crippen LogP contribution in [0.3, 0.4) is 0 Å². The molecule has 28 heavy (non-hydrogen) atoms. The molecule has 3 rings (SSSR count). The summed E-state index contributed by atoms with van der Waals surface area (Å²) in [5.74, 6) is -1.11. The minimum Gasteiger partial charge on any atom is -0.387 e. The molecule has 3 heterocycles. The van der Waals surface area contributed by atoms with Gasteiger partial charge in [-0.2, -0.15) is 14.3 Å². The number of aliphatic imine (C=N–C) groups is 3. The number of aliphatic hydroxyl groups is 2. The van der Waals surface area contributed by atoms with Crippen molar-refractivity contribution in [2.75, 3.05) is 13.3 Å². The van der Waals surface area contributed by atoms with Crippen LogP contribution in [0.25, 0.3) is 0 Å². The van der Waals surface area contributed by atoms with Crippen LogP contribution in [-0.2, 0) is 27.5 Å². The Balaban J connectivity index is 1.68. The van der Waals surface area contributed by atoms with E-state index in [9.17, 15) is 29.0 Å². The molecule has 0 aliphatic carbocycles. The number of amides is 1. The van der Waals surface area contributed by atoms with Crippen molar-refractivity contribution < 1.29 is 52.4 Å². The highest BCUT2D eigenvalue weighted by Gasteiger charge is 2.50. The number of nitrogens with two attached hydrogens (primary N) is 1. The molecule has 1 fully saturated rings. The molecule has 1 amide bonds. The fourth-order valence-electron chi connectivity index (χ4n) is 2.64. The van der Waals surface area contributed by atoms with Gasteiger partial charge in [0.25, 0.3) is 0 Å². The summed E-state index contributed by atoms with van der Waals surface area (Å²) >= 11 is 0. The van der Waals surface area contributed by atoms with Gasteiger partial charge in [-0.3, -0.25) is 14.3 Å². The zero-order chi connectivity index (χ0) is 20.9. The number of hydrogen-bond donors (Lipinski definition) is 6.